The van der Waals surface area contributed by atoms with Crippen LogP contribution in [0.5, 0.6) is 23.0 Å². The molecule has 0 bridgehead atoms. The zero-order chi connectivity index (χ0) is 24.4. The first kappa shape index (κ1) is 20.5. The van der Waals surface area contributed by atoms with Crippen LogP contribution in [0.25, 0.3) is 32.8 Å². The standard InChI is InChI=1S/C22H10B2F2N4O6/c25-17-13-14(19-21(29-35-27-19)15(17)23-32-10-6-2-1-5-9(10)31)18(26)16(22-20(13)28-36-30-22)24-33-11-7-3-4-8-12(11)34-24/h1-8,23,31H. The quantitative estimate of drug-likeness (QED) is 0.371. The van der Waals surface area contributed by atoms with Gasteiger partial charge in [-0.15, -0.1) is 0 Å². The first-order valence-electron chi connectivity index (χ1n) is 10.6. The summed E-state index contributed by atoms with van der Waals surface area (Å²) in [7, 11) is -1.60. The number of aromatic hydroxyl groups is 1. The smallest absolute Gasteiger partial charge is 0.556 e. The number of hydrogen-bond donors (Lipinski definition) is 1. The van der Waals surface area contributed by atoms with E-state index >= 15 is 8.78 Å². The van der Waals surface area contributed by atoms with Gasteiger partial charge in [0.2, 0.25) is 0 Å². The number of phenolic OH excluding ortho intramolecular Hbond substituents is 1. The van der Waals surface area contributed by atoms with Crippen molar-refractivity contribution in [3.05, 3.63) is 60.2 Å². The Morgan fingerprint density at radius 1 is 0.750 bits per heavy atom. The van der Waals surface area contributed by atoms with Crippen molar-refractivity contribution in [3.63, 3.8) is 0 Å². The van der Waals surface area contributed by atoms with Crippen molar-refractivity contribution in [1.29, 1.82) is 0 Å². The average Bonchev–Trinajstić information content (AvgIpc) is 3.64. The summed E-state index contributed by atoms with van der Waals surface area (Å²) < 4.78 is 59.0. The van der Waals surface area contributed by atoms with Crippen molar-refractivity contribution in [2.45, 2.75) is 0 Å². The second kappa shape index (κ2) is 7.57. The van der Waals surface area contributed by atoms with Gasteiger partial charge in [0.05, 0.1) is 16.2 Å². The topological polar surface area (TPSA) is 126 Å². The fourth-order valence-corrected chi connectivity index (χ4v) is 4.33. The summed E-state index contributed by atoms with van der Waals surface area (Å²) in [5.41, 5.74) is -0.513. The average molecular weight is 486 g/mol. The lowest BCUT2D eigenvalue weighted by molar-refractivity contribution is 0.316. The number of aromatic nitrogens is 4. The van der Waals surface area contributed by atoms with Crippen LogP contribution in [0.3, 0.4) is 0 Å². The highest BCUT2D eigenvalue weighted by Crippen LogP contribution is 2.36. The second-order valence-corrected chi connectivity index (χ2v) is 7.96. The van der Waals surface area contributed by atoms with Gasteiger partial charge in [0.1, 0.15) is 50.9 Å². The first-order valence-corrected chi connectivity index (χ1v) is 10.6. The van der Waals surface area contributed by atoms with E-state index in [1.807, 2.05) is 0 Å². The molecule has 4 aromatic carbocycles. The maximum atomic E-state index is 16.2. The molecule has 0 radical (unpaired) electrons. The van der Waals surface area contributed by atoms with Gasteiger partial charge in [-0.2, -0.15) is 0 Å². The predicted molar refractivity (Wildman–Crippen MR) is 123 cm³/mol. The Bertz CT molecular complexity index is 1800. The highest BCUT2D eigenvalue weighted by Gasteiger charge is 2.42. The normalized spacial score (nSPS) is 12.7. The summed E-state index contributed by atoms with van der Waals surface area (Å²) in [6.45, 7) is 0. The minimum atomic E-state index is -1.23. The third-order valence-corrected chi connectivity index (χ3v) is 5.97. The van der Waals surface area contributed by atoms with E-state index in [0.717, 1.165) is 0 Å². The molecule has 0 atom stereocenters. The van der Waals surface area contributed by atoms with Crippen molar-refractivity contribution in [1.82, 2.24) is 20.6 Å². The van der Waals surface area contributed by atoms with Gasteiger partial charge in [0, 0.05) is 5.46 Å². The molecule has 36 heavy (non-hydrogen) atoms. The van der Waals surface area contributed by atoms with Crippen molar-refractivity contribution in [3.8, 4) is 23.0 Å². The van der Waals surface area contributed by atoms with E-state index in [1.54, 1.807) is 36.4 Å². The summed E-state index contributed by atoms with van der Waals surface area (Å²) in [6.07, 6.45) is 0. The Morgan fingerprint density at radius 3 is 2.06 bits per heavy atom. The molecule has 0 saturated heterocycles. The summed E-state index contributed by atoms with van der Waals surface area (Å²) in [5.74, 6) is -0.994. The van der Waals surface area contributed by atoms with Crippen LogP contribution in [-0.4, -0.2) is 40.3 Å². The number of para-hydroxylation sites is 4. The maximum absolute atomic E-state index is 16.2. The number of benzene rings is 4. The third-order valence-electron chi connectivity index (χ3n) is 5.97. The molecule has 0 unspecified atom stereocenters. The SMILES string of the molecule is Oc1ccccc1OBc1c(F)c2c3nonc3c(B3Oc4ccccc4O3)c(F)c2c2nonc12. The Balaban J connectivity index is 1.44. The van der Waals surface area contributed by atoms with Crippen molar-refractivity contribution < 1.29 is 37.1 Å². The minimum Gasteiger partial charge on any atom is -0.556 e. The van der Waals surface area contributed by atoms with Crippen molar-refractivity contribution in [2.24, 2.45) is 0 Å². The summed E-state index contributed by atoms with van der Waals surface area (Å²) >= 11 is 0. The van der Waals surface area contributed by atoms with Crippen LogP contribution in [0, 0.1) is 11.6 Å². The highest BCUT2D eigenvalue weighted by molar-refractivity contribution is 6.67. The van der Waals surface area contributed by atoms with Gasteiger partial charge in [-0.05, 0) is 39.7 Å². The fraction of sp³-hybridized carbons (Fsp3) is 0. The van der Waals surface area contributed by atoms with Gasteiger partial charge in [-0.25, -0.2) is 18.0 Å². The van der Waals surface area contributed by atoms with Gasteiger partial charge in [-0.3, -0.25) is 0 Å². The zero-order valence-corrected chi connectivity index (χ0v) is 17.9. The Kier molecular flexibility index (Phi) is 4.31. The van der Waals surface area contributed by atoms with Crippen LogP contribution >= 0.6 is 0 Å². The molecule has 7 rings (SSSR count). The van der Waals surface area contributed by atoms with E-state index in [2.05, 4.69) is 20.6 Å². The fourth-order valence-electron chi connectivity index (χ4n) is 4.33. The molecule has 0 aliphatic carbocycles. The Hall–Kier alpha value is -4.87. The zero-order valence-electron chi connectivity index (χ0n) is 17.9. The first-order chi connectivity index (χ1) is 17.6. The van der Waals surface area contributed by atoms with Gasteiger partial charge >= 0.3 is 14.6 Å². The van der Waals surface area contributed by atoms with Crippen LogP contribution in [0.15, 0.2) is 57.8 Å². The summed E-state index contributed by atoms with van der Waals surface area (Å²) in [5, 5.41) is 24.7. The largest absolute Gasteiger partial charge is 0.638 e. The van der Waals surface area contributed by atoms with Crippen molar-refractivity contribution in [2.75, 3.05) is 0 Å². The minimum absolute atomic E-state index is 0.0624. The second-order valence-electron chi connectivity index (χ2n) is 7.96. The molecule has 0 fully saturated rings. The van der Waals surface area contributed by atoms with Gasteiger partial charge in [0.15, 0.2) is 5.75 Å². The molecule has 2 aromatic heterocycles. The Morgan fingerprint density at radius 2 is 1.33 bits per heavy atom. The molecule has 0 amide bonds. The van der Waals surface area contributed by atoms with E-state index in [1.165, 1.54) is 12.1 Å². The molecule has 0 saturated carbocycles. The molecule has 1 aliphatic rings. The van der Waals surface area contributed by atoms with Gasteiger partial charge < -0.3 is 19.1 Å². The molecule has 14 heteroatoms. The number of rotatable bonds is 4. The Labute approximate surface area is 199 Å². The van der Waals surface area contributed by atoms with E-state index in [-0.39, 0.29) is 62.7 Å². The number of halogens is 2. The van der Waals surface area contributed by atoms with Crippen LogP contribution in [0.1, 0.15) is 0 Å². The summed E-state index contributed by atoms with van der Waals surface area (Å²) in [6, 6.07) is 13.0. The molecule has 3 heterocycles. The van der Waals surface area contributed by atoms with E-state index < -0.39 is 18.8 Å². The molecule has 0 spiro atoms. The van der Waals surface area contributed by atoms with Crippen LogP contribution in [-0.2, 0) is 0 Å². The van der Waals surface area contributed by atoms with Crippen LogP contribution in [0.2, 0.25) is 0 Å². The molecule has 6 aromatic rings. The number of hydrogen-bond acceptors (Lipinski definition) is 10. The lowest BCUT2D eigenvalue weighted by Crippen LogP contribution is -2.42. The number of phenols is 1. The predicted octanol–water partition coefficient (Wildman–Crippen LogP) is 2.12. The van der Waals surface area contributed by atoms with Gasteiger partial charge in [0.25, 0.3) is 0 Å². The van der Waals surface area contributed by atoms with Crippen LogP contribution < -0.4 is 24.9 Å². The number of fused-ring (bicyclic) bond motifs is 6. The monoisotopic (exact) mass is 486 g/mol. The van der Waals surface area contributed by atoms with Crippen molar-refractivity contribution >= 4 is 58.4 Å². The summed E-state index contributed by atoms with van der Waals surface area (Å²) in [4.78, 5) is 0. The van der Waals surface area contributed by atoms with E-state index in [9.17, 15) is 5.11 Å². The lowest BCUT2D eigenvalue weighted by Gasteiger charge is -2.12. The third kappa shape index (κ3) is 2.84. The maximum Gasteiger partial charge on any atom is 0.638 e. The molecule has 174 valence electrons. The molecule has 10 nitrogen and oxygen atoms in total. The molecular formula is C22H10B2F2N4O6. The number of nitrogens with zero attached hydrogens (tertiary/aromatic N) is 4. The van der Waals surface area contributed by atoms with Gasteiger partial charge in [-0.1, -0.05) is 29.4 Å². The lowest BCUT2D eigenvalue weighted by atomic mass is 9.75. The van der Waals surface area contributed by atoms with E-state index in [4.69, 9.17) is 23.2 Å². The van der Waals surface area contributed by atoms with Crippen LogP contribution in [0.4, 0.5) is 8.78 Å². The molecular weight excluding hydrogens is 476 g/mol. The molecule has 1 aliphatic heterocycles. The molecule has 1 N–H and O–H groups in total. The van der Waals surface area contributed by atoms with E-state index in [0.29, 0.717) is 11.5 Å². The highest BCUT2D eigenvalue weighted by atomic mass is 19.1.